The van der Waals surface area contributed by atoms with Crippen LogP contribution in [0.15, 0.2) is 0 Å². The lowest BCUT2D eigenvalue weighted by Gasteiger charge is -2.32. The van der Waals surface area contributed by atoms with E-state index in [2.05, 4.69) is 18.7 Å². The number of rotatable bonds is 5. The fourth-order valence-electron chi connectivity index (χ4n) is 1.82. The monoisotopic (exact) mass is 217 g/mol. The minimum Gasteiger partial charge on any atom is -0.480 e. The number of aliphatic carboxylic acids is 1. The molecule has 2 atom stereocenters. The highest BCUT2D eigenvalue weighted by Gasteiger charge is 2.27. The molecule has 0 aromatic heterocycles. The quantitative estimate of drug-likeness (QED) is 0.760. The van der Waals surface area contributed by atoms with Crippen molar-refractivity contribution in [1.82, 2.24) is 4.90 Å². The molecular weight excluding hydrogens is 198 g/mol. The summed E-state index contributed by atoms with van der Waals surface area (Å²) in [5.74, 6) is 1.57. The smallest absolute Gasteiger partial charge is 0.317 e. The predicted octanol–water partition coefficient (Wildman–Crippen LogP) is 1.68. The standard InChI is InChI=1S/C10H19NO2S/c1-3-8(2)11(6-10(12)13)9-4-5-14-7-9/h8-9H,3-7H2,1-2H3,(H,12,13). The van der Waals surface area contributed by atoms with E-state index in [1.54, 1.807) is 0 Å². The minimum atomic E-state index is -0.706. The molecule has 1 rings (SSSR count). The van der Waals surface area contributed by atoms with Crippen molar-refractivity contribution < 1.29 is 9.90 Å². The van der Waals surface area contributed by atoms with E-state index >= 15 is 0 Å². The summed E-state index contributed by atoms with van der Waals surface area (Å²) in [5.41, 5.74) is 0. The molecule has 0 spiro atoms. The molecule has 0 radical (unpaired) electrons. The van der Waals surface area contributed by atoms with Crippen LogP contribution in [0, 0.1) is 0 Å². The van der Waals surface area contributed by atoms with Crippen LogP contribution in [0.25, 0.3) is 0 Å². The van der Waals surface area contributed by atoms with Gasteiger partial charge in [0, 0.05) is 17.8 Å². The van der Waals surface area contributed by atoms with Gasteiger partial charge >= 0.3 is 5.97 Å². The largest absolute Gasteiger partial charge is 0.480 e. The fourth-order valence-corrected chi connectivity index (χ4v) is 3.05. The number of nitrogens with zero attached hydrogens (tertiary/aromatic N) is 1. The van der Waals surface area contributed by atoms with Crippen molar-refractivity contribution >= 4 is 17.7 Å². The summed E-state index contributed by atoms with van der Waals surface area (Å²) in [7, 11) is 0. The maximum atomic E-state index is 10.7. The molecule has 0 aromatic rings. The molecule has 1 N–H and O–H groups in total. The molecule has 82 valence electrons. The van der Waals surface area contributed by atoms with Crippen molar-refractivity contribution in [1.29, 1.82) is 0 Å². The van der Waals surface area contributed by atoms with Gasteiger partial charge in [0.15, 0.2) is 0 Å². The van der Waals surface area contributed by atoms with Gasteiger partial charge in [-0.3, -0.25) is 9.69 Å². The molecule has 1 aliphatic rings. The molecule has 0 bridgehead atoms. The Balaban J connectivity index is 2.54. The van der Waals surface area contributed by atoms with E-state index in [0.717, 1.165) is 18.6 Å². The highest BCUT2D eigenvalue weighted by molar-refractivity contribution is 7.99. The molecule has 3 nitrogen and oxygen atoms in total. The highest BCUT2D eigenvalue weighted by atomic mass is 32.2. The van der Waals surface area contributed by atoms with Crippen molar-refractivity contribution in [2.75, 3.05) is 18.1 Å². The van der Waals surface area contributed by atoms with Gasteiger partial charge < -0.3 is 5.11 Å². The molecule has 1 aliphatic heterocycles. The lowest BCUT2D eigenvalue weighted by Crippen LogP contribution is -2.44. The van der Waals surface area contributed by atoms with Crippen LogP contribution in [0.5, 0.6) is 0 Å². The molecule has 0 saturated carbocycles. The first kappa shape index (κ1) is 11.9. The molecule has 0 aliphatic carbocycles. The SMILES string of the molecule is CCC(C)N(CC(=O)O)C1CCSC1. The van der Waals surface area contributed by atoms with Gasteiger partial charge in [0.1, 0.15) is 0 Å². The normalized spacial score (nSPS) is 24.1. The van der Waals surface area contributed by atoms with Gasteiger partial charge in [-0.1, -0.05) is 6.92 Å². The van der Waals surface area contributed by atoms with Gasteiger partial charge in [0.05, 0.1) is 6.54 Å². The zero-order chi connectivity index (χ0) is 10.6. The molecule has 0 amide bonds. The summed E-state index contributed by atoms with van der Waals surface area (Å²) in [5, 5.41) is 8.84. The molecule has 1 heterocycles. The lowest BCUT2D eigenvalue weighted by atomic mass is 10.1. The second kappa shape index (κ2) is 5.61. The first-order valence-electron chi connectivity index (χ1n) is 5.20. The lowest BCUT2D eigenvalue weighted by molar-refractivity contribution is -0.139. The Hall–Kier alpha value is -0.220. The van der Waals surface area contributed by atoms with Crippen molar-refractivity contribution in [3.8, 4) is 0 Å². The third kappa shape index (κ3) is 3.17. The first-order valence-corrected chi connectivity index (χ1v) is 6.36. The fraction of sp³-hybridized carbons (Fsp3) is 0.900. The van der Waals surface area contributed by atoms with Gasteiger partial charge in [-0.2, -0.15) is 11.8 Å². The Morgan fingerprint density at radius 2 is 2.43 bits per heavy atom. The predicted molar refractivity (Wildman–Crippen MR) is 59.8 cm³/mol. The summed E-state index contributed by atoms with van der Waals surface area (Å²) in [6.07, 6.45) is 2.16. The van der Waals surface area contributed by atoms with Gasteiger partial charge in [0.25, 0.3) is 0 Å². The summed E-state index contributed by atoms with van der Waals surface area (Å²) in [6.45, 7) is 4.42. The Labute approximate surface area is 89.9 Å². The number of carbonyl (C=O) groups is 1. The van der Waals surface area contributed by atoms with E-state index in [0.29, 0.717) is 12.1 Å². The topological polar surface area (TPSA) is 40.5 Å². The van der Waals surface area contributed by atoms with Crippen molar-refractivity contribution in [3.05, 3.63) is 0 Å². The van der Waals surface area contributed by atoms with Crippen LogP contribution in [0.4, 0.5) is 0 Å². The maximum Gasteiger partial charge on any atom is 0.317 e. The number of carboxylic acid groups (broad SMARTS) is 1. The molecule has 2 unspecified atom stereocenters. The summed E-state index contributed by atoms with van der Waals surface area (Å²) < 4.78 is 0. The average molecular weight is 217 g/mol. The second-order valence-electron chi connectivity index (χ2n) is 3.84. The number of hydrogen-bond donors (Lipinski definition) is 1. The third-order valence-corrected chi connectivity index (χ3v) is 3.99. The van der Waals surface area contributed by atoms with Crippen molar-refractivity contribution in [3.63, 3.8) is 0 Å². The number of carboxylic acids is 1. The zero-order valence-electron chi connectivity index (χ0n) is 8.90. The average Bonchev–Trinajstić information content (AvgIpc) is 2.65. The van der Waals surface area contributed by atoms with Gasteiger partial charge in [-0.15, -0.1) is 0 Å². The van der Waals surface area contributed by atoms with Gasteiger partial charge in [0.2, 0.25) is 0 Å². The first-order chi connectivity index (χ1) is 6.65. The molecule has 0 aromatic carbocycles. The van der Waals surface area contributed by atoms with Crippen molar-refractivity contribution in [2.24, 2.45) is 0 Å². The van der Waals surface area contributed by atoms with Gasteiger partial charge in [-0.25, -0.2) is 0 Å². The Bertz CT molecular complexity index is 193. The van der Waals surface area contributed by atoms with Crippen LogP contribution in [-0.4, -0.2) is 46.1 Å². The summed E-state index contributed by atoms with van der Waals surface area (Å²) >= 11 is 1.93. The Morgan fingerprint density at radius 1 is 1.71 bits per heavy atom. The van der Waals surface area contributed by atoms with Crippen LogP contribution in [-0.2, 0) is 4.79 Å². The molecule has 14 heavy (non-hydrogen) atoms. The van der Waals surface area contributed by atoms with Crippen LogP contribution >= 0.6 is 11.8 Å². The van der Waals surface area contributed by atoms with Crippen LogP contribution in [0.2, 0.25) is 0 Å². The Kier molecular flexibility index (Phi) is 4.75. The molecule has 1 saturated heterocycles. The van der Waals surface area contributed by atoms with E-state index in [-0.39, 0.29) is 6.54 Å². The number of hydrogen-bond acceptors (Lipinski definition) is 3. The van der Waals surface area contributed by atoms with Crippen LogP contribution < -0.4 is 0 Å². The van der Waals surface area contributed by atoms with E-state index in [1.807, 2.05) is 11.8 Å². The summed E-state index contributed by atoms with van der Waals surface area (Å²) in [6, 6.07) is 0.862. The molecule has 4 heteroatoms. The van der Waals surface area contributed by atoms with Crippen LogP contribution in [0.1, 0.15) is 26.7 Å². The third-order valence-electron chi connectivity index (χ3n) is 2.85. The second-order valence-corrected chi connectivity index (χ2v) is 4.99. The van der Waals surface area contributed by atoms with Crippen LogP contribution in [0.3, 0.4) is 0 Å². The van der Waals surface area contributed by atoms with E-state index in [4.69, 9.17) is 5.11 Å². The number of thioether (sulfide) groups is 1. The van der Waals surface area contributed by atoms with E-state index < -0.39 is 5.97 Å². The molecular formula is C10H19NO2S. The Morgan fingerprint density at radius 3 is 2.86 bits per heavy atom. The molecule has 1 fully saturated rings. The van der Waals surface area contributed by atoms with Gasteiger partial charge in [-0.05, 0) is 25.5 Å². The summed E-state index contributed by atoms with van der Waals surface area (Å²) in [4.78, 5) is 12.9. The van der Waals surface area contributed by atoms with Crippen molar-refractivity contribution in [2.45, 2.75) is 38.8 Å². The zero-order valence-corrected chi connectivity index (χ0v) is 9.72. The maximum absolute atomic E-state index is 10.7. The minimum absolute atomic E-state index is 0.195. The van der Waals surface area contributed by atoms with E-state index in [1.165, 1.54) is 5.75 Å². The highest BCUT2D eigenvalue weighted by Crippen LogP contribution is 2.24. The van der Waals surface area contributed by atoms with E-state index in [9.17, 15) is 4.79 Å².